The maximum atomic E-state index is 9.16. The zero-order chi connectivity index (χ0) is 9.26. The van der Waals surface area contributed by atoms with Gasteiger partial charge in [0.05, 0.1) is 0 Å². The van der Waals surface area contributed by atoms with Gasteiger partial charge in [0.1, 0.15) is 0 Å². The highest BCUT2D eigenvalue weighted by Gasteiger charge is 2.33. The Morgan fingerprint density at radius 1 is 1.15 bits per heavy atom. The van der Waals surface area contributed by atoms with Crippen LogP contribution in [-0.2, 0) is 0 Å². The third kappa shape index (κ3) is 2.05. The van der Waals surface area contributed by atoms with Crippen LogP contribution in [0, 0.1) is 17.8 Å². The molecule has 0 aromatic carbocycles. The fraction of sp³-hybridized carbons (Fsp3) is 1.00. The summed E-state index contributed by atoms with van der Waals surface area (Å²) < 4.78 is 0. The van der Waals surface area contributed by atoms with Gasteiger partial charge in [-0.05, 0) is 43.6 Å². The standard InChI is InChI=1S/C11H21NO/c1-2-12-6-9-3-10(7-12)5-11(4-9)8-13/h9-11,13H,2-8H2,1H3/t9-,10+,11?. The highest BCUT2D eigenvalue weighted by atomic mass is 16.3. The van der Waals surface area contributed by atoms with E-state index in [0.29, 0.717) is 12.5 Å². The lowest BCUT2D eigenvalue weighted by atomic mass is 9.73. The van der Waals surface area contributed by atoms with Gasteiger partial charge in [-0.2, -0.15) is 0 Å². The fourth-order valence-corrected chi connectivity index (χ4v) is 3.21. The maximum Gasteiger partial charge on any atom is 0.0459 e. The molecular weight excluding hydrogens is 162 g/mol. The van der Waals surface area contributed by atoms with Crippen LogP contribution in [0.5, 0.6) is 0 Å². The van der Waals surface area contributed by atoms with Crippen LogP contribution in [0.4, 0.5) is 0 Å². The van der Waals surface area contributed by atoms with Crippen molar-refractivity contribution in [1.82, 2.24) is 4.90 Å². The van der Waals surface area contributed by atoms with Crippen LogP contribution < -0.4 is 0 Å². The summed E-state index contributed by atoms with van der Waals surface area (Å²) in [6.45, 7) is 6.44. The Labute approximate surface area is 80.9 Å². The third-order valence-corrected chi connectivity index (χ3v) is 3.74. The van der Waals surface area contributed by atoms with Crippen molar-refractivity contribution in [2.75, 3.05) is 26.2 Å². The van der Waals surface area contributed by atoms with E-state index in [1.165, 1.54) is 38.9 Å². The first kappa shape index (κ1) is 9.47. The van der Waals surface area contributed by atoms with E-state index in [0.717, 1.165) is 11.8 Å². The first-order chi connectivity index (χ1) is 6.31. The molecule has 2 heteroatoms. The number of hydrogen-bond acceptors (Lipinski definition) is 2. The monoisotopic (exact) mass is 183 g/mol. The van der Waals surface area contributed by atoms with E-state index in [1.54, 1.807) is 0 Å². The predicted octanol–water partition coefficient (Wildman–Crippen LogP) is 1.35. The van der Waals surface area contributed by atoms with Crippen LogP contribution in [0.15, 0.2) is 0 Å². The second-order valence-electron chi connectivity index (χ2n) is 4.84. The molecule has 13 heavy (non-hydrogen) atoms. The van der Waals surface area contributed by atoms with Gasteiger partial charge >= 0.3 is 0 Å². The Morgan fingerprint density at radius 2 is 1.77 bits per heavy atom. The Bertz CT molecular complexity index is 141. The molecule has 1 heterocycles. The number of nitrogens with zero attached hydrogens (tertiary/aromatic N) is 1. The van der Waals surface area contributed by atoms with Gasteiger partial charge in [-0.15, -0.1) is 0 Å². The minimum absolute atomic E-state index is 0.416. The first-order valence-corrected chi connectivity index (χ1v) is 5.65. The maximum absolute atomic E-state index is 9.16. The van der Waals surface area contributed by atoms with E-state index in [9.17, 15) is 0 Å². The van der Waals surface area contributed by atoms with E-state index in [2.05, 4.69) is 11.8 Å². The number of likely N-dealkylation sites (tertiary alicyclic amines) is 1. The van der Waals surface area contributed by atoms with E-state index in [-0.39, 0.29) is 0 Å². The van der Waals surface area contributed by atoms with Crippen LogP contribution in [-0.4, -0.2) is 36.2 Å². The Hall–Kier alpha value is -0.0800. The summed E-state index contributed by atoms with van der Waals surface area (Å²) in [4.78, 5) is 2.58. The molecule has 1 aliphatic heterocycles. The lowest BCUT2D eigenvalue weighted by Crippen LogP contribution is -2.44. The van der Waals surface area contributed by atoms with Crippen molar-refractivity contribution in [1.29, 1.82) is 0 Å². The molecular formula is C11H21NO. The average Bonchev–Trinajstić information content (AvgIpc) is 2.16. The van der Waals surface area contributed by atoms with Crippen molar-refractivity contribution < 1.29 is 5.11 Å². The number of aliphatic hydroxyl groups excluding tert-OH is 1. The lowest BCUT2D eigenvalue weighted by molar-refractivity contribution is 0.0416. The molecule has 0 aromatic rings. The number of hydrogen-bond donors (Lipinski definition) is 1. The minimum atomic E-state index is 0.416. The number of aliphatic hydroxyl groups is 1. The number of rotatable bonds is 2. The summed E-state index contributed by atoms with van der Waals surface area (Å²) in [7, 11) is 0. The Morgan fingerprint density at radius 3 is 2.23 bits per heavy atom. The quantitative estimate of drug-likeness (QED) is 0.698. The van der Waals surface area contributed by atoms with E-state index in [1.807, 2.05) is 0 Å². The van der Waals surface area contributed by atoms with Crippen LogP contribution in [0.3, 0.4) is 0 Å². The molecule has 1 N–H and O–H groups in total. The molecule has 0 aromatic heterocycles. The van der Waals surface area contributed by atoms with Gasteiger partial charge in [-0.25, -0.2) is 0 Å². The van der Waals surface area contributed by atoms with Crippen LogP contribution >= 0.6 is 0 Å². The average molecular weight is 183 g/mol. The van der Waals surface area contributed by atoms with Gasteiger partial charge in [-0.3, -0.25) is 0 Å². The van der Waals surface area contributed by atoms with Crippen LogP contribution in [0.2, 0.25) is 0 Å². The largest absolute Gasteiger partial charge is 0.396 e. The van der Waals surface area contributed by atoms with Crippen molar-refractivity contribution in [3.8, 4) is 0 Å². The van der Waals surface area contributed by atoms with Gasteiger partial charge in [-0.1, -0.05) is 6.92 Å². The normalized spacial score (nSPS) is 40.6. The molecule has 2 fully saturated rings. The summed E-state index contributed by atoms with van der Waals surface area (Å²) in [6, 6.07) is 0. The van der Waals surface area contributed by atoms with Gasteiger partial charge in [0.25, 0.3) is 0 Å². The van der Waals surface area contributed by atoms with Crippen molar-refractivity contribution in [3.63, 3.8) is 0 Å². The molecule has 0 spiro atoms. The summed E-state index contributed by atoms with van der Waals surface area (Å²) >= 11 is 0. The lowest BCUT2D eigenvalue weighted by Gasteiger charge is -2.43. The van der Waals surface area contributed by atoms with E-state index < -0.39 is 0 Å². The summed E-state index contributed by atoms with van der Waals surface area (Å²) in [5.74, 6) is 2.37. The summed E-state index contributed by atoms with van der Waals surface area (Å²) in [5.41, 5.74) is 0. The zero-order valence-corrected chi connectivity index (χ0v) is 8.58. The van der Waals surface area contributed by atoms with Crippen LogP contribution in [0.25, 0.3) is 0 Å². The second-order valence-corrected chi connectivity index (χ2v) is 4.84. The topological polar surface area (TPSA) is 23.5 Å². The van der Waals surface area contributed by atoms with Gasteiger partial charge in [0.15, 0.2) is 0 Å². The summed E-state index contributed by atoms with van der Waals surface area (Å²) in [6.07, 6.45) is 3.96. The molecule has 1 unspecified atom stereocenters. The van der Waals surface area contributed by atoms with Crippen molar-refractivity contribution in [2.24, 2.45) is 17.8 Å². The molecule has 1 aliphatic carbocycles. The first-order valence-electron chi connectivity index (χ1n) is 5.65. The van der Waals surface area contributed by atoms with Crippen molar-refractivity contribution >= 4 is 0 Å². The van der Waals surface area contributed by atoms with E-state index >= 15 is 0 Å². The Kier molecular flexibility index (Phi) is 2.89. The molecule has 2 aliphatic rings. The molecule has 1 saturated heterocycles. The number of piperidine rings is 1. The predicted molar refractivity (Wildman–Crippen MR) is 53.5 cm³/mol. The van der Waals surface area contributed by atoms with E-state index in [4.69, 9.17) is 5.11 Å². The van der Waals surface area contributed by atoms with Gasteiger partial charge in [0, 0.05) is 19.7 Å². The molecule has 76 valence electrons. The highest BCUT2D eigenvalue weighted by molar-refractivity contribution is 4.86. The third-order valence-electron chi connectivity index (χ3n) is 3.74. The molecule has 3 atom stereocenters. The molecule has 1 saturated carbocycles. The molecule has 0 amide bonds. The Balaban J connectivity index is 1.93. The van der Waals surface area contributed by atoms with Gasteiger partial charge in [0.2, 0.25) is 0 Å². The van der Waals surface area contributed by atoms with Gasteiger partial charge < -0.3 is 10.0 Å². The number of fused-ring (bicyclic) bond motifs is 2. The summed E-state index contributed by atoms with van der Waals surface area (Å²) in [5, 5.41) is 9.16. The van der Waals surface area contributed by atoms with Crippen molar-refractivity contribution in [3.05, 3.63) is 0 Å². The highest BCUT2D eigenvalue weighted by Crippen LogP contribution is 2.37. The smallest absolute Gasteiger partial charge is 0.0459 e. The minimum Gasteiger partial charge on any atom is -0.396 e. The molecule has 2 nitrogen and oxygen atoms in total. The molecule has 2 rings (SSSR count). The van der Waals surface area contributed by atoms with Crippen LogP contribution in [0.1, 0.15) is 26.2 Å². The molecule has 0 radical (unpaired) electrons. The van der Waals surface area contributed by atoms with Crippen molar-refractivity contribution in [2.45, 2.75) is 26.2 Å². The molecule has 2 bridgehead atoms. The zero-order valence-electron chi connectivity index (χ0n) is 8.58. The fourth-order valence-electron chi connectivity index (χ4n) is 3.21. The SMILES string of the molecule is CCN1C[C@@H]2CC(CO)C[C@@H](C2)C1. The second kappa shape index (κ2) is 3.97.